The molecule has 5 rings (SSSR count). The van der Waals surface area contributed by atoms with E-state index in [2.05, 4.69) is 30.9 Å². The van der Waals surface area contributed by atoms with Crippen LogP contribution < -0.4 is 16.0 Å². The number of benzene rings is 3. The van der Waals surface area contributed by atoms with Gasteiger partial charge in [-0.15, -0.1) is 0 Å². The highest BCUT2D eigenvalue weighted by Gasteiger charge is 2.21. The van der Waals surface area contributed by atoms with E-state index in [1.165, 1.54) is 12.1 Å². The smallest absolute Gasteiger partial charge is 0.263 e. The van der Waals surface area contributed by atoms with E-state index < -0.39 is 12.5 Å². The molecule has 8 nitrogen and oxygen atoms in total. The second-order valence-electron chi connectivity index (χ2n) is 9.68. The van der Waals surface area contributed by atoms with E-state index in [0.29, 0.717) is 46.2 Å². The normalized spacial score (nSPS) is 11.7. The molecule has 0 spiro atoms. The van der Waals surface area contributed by atoms with Crippen molar-refractivity contribution in [2.24, 2.45) is 0 Å². The largest absolute Gasteiger partial charge is 0.358 e. The lowest BCUT2D eigenvalue weighted by Crippen LogP contribution is -2.41. The van der Waals surface area contributed by atoms with Crippen LogP contribution in [0.4, 0.5) is 20.5 Å². The van der Waals surface area contributed by atoms with Gasteiger partial charge in [-0.3, -0.25) is 9.36 Å². The molecule has 5 aromatic rings. The van der Waals surface area contributed by atoms with Crippen molar-refractivity contribution < 1.29 is 13.6 Å². The minimum atomic E-state index is -2.55. The van der Waals surface area contributed by atoms with Crippen LogP contribution in [0, 0.1) is 0 Å². The maximum absolute atomic E-state index is 13.5. The average molecular weight is 623 g/mol. The molecule has 0 unspecified atom stereocenters. The fourth-order valence-electron chi connectivity index (χ4n) is 4.28. The summed E-state index contributed by atoms with van der Waals surface area (Å²) in [7, 11) is 0. The van der Waals surface area contributed by atoms with Crippen LogP contribution >= 0.6 is 23.2 Å². The number of carbonyl (C=O) groups is 1. The van der Waals surface area contributed by atoms with Gasteiger partial charge in [0.05, 0.1) is 0 Å². The number of halogens is 4. The number of carbonyl (C=O) groups excluding carboxylic acids is 1. The number of rotatable bonds is 12. The number of hydrogen-bond donors (Lipinski definition) is 3. The lowest BCUT2D eigenvalue weighted by atomic mass is 10.0. The Balaban J connectivity index is 1.38. The molecular formula is C31H27Cl2F2N7O. The summed E-state index contributed by atoms with van der Waals surface area (Å²) in [5.74, 6) is 0.971. The number of imidazole rings is 1. The van der Waals surface area contributed by atoms with Crippen LogP contribution in [0.25, 0.3) is 5.82 Å². The molecule has 2 aromatic heterocycles. The molecule has 0 aliphatic carbocycles. The van der Waals surface area contributed by atoms with Crippen molar-refractivity contribution in [1.82, 2.24) is 24.8 Å². The Morgan fingerprint density at radius 1 is 0.860 bits per heavy atom. The van der Waals surface area contributed by atoms with Crippen molar-refractivity contribution in [3.05, 3.63) is 130 Å². The van der Waals surface area contributed by atoms with E-state index in [1.54, 1.807) is 59.7 Å². The molecule has 0 saturated heterocycles. The maximum atomic E-state index is 13.5. The predicted molar refractivity (Wildman–Crippen MR) is 164 cm³/mol. The van der Waals surface area contributed by atoms with Gasteiger partial charge in [-0.25, -0.2) is 13.8 Å². The Morgan fingerprint density at radius 2 is 1.63 bits per heavy atom. The molecule has 1 amide bonds. The van der Waals surface area contributed by atoms with Crippen LogP contribution in [-0.2, 0) is 24.3 Å². The summed E-state index contributed by atoms with van der Waals surface area (Å²) in [6.45, 7) is 0.587. The molecule has 3 aromatic carbocycles. The van der Waals surface area contributed by atoms with Gasteiger partial charge in [0.2, 0.25) is 11.9 Å². The highest BCUT2D eigenvalue weighted by atomic mass is 35.5. The van der Waals surface area contributed by atoms with Crippen molar-refractivity contribution >= 4 is 40.9 Å². The third-order valence-corrected chi connectivity index (χ3v) is 7.00. The zero-order valence-corrected chi connectivity index (χ0v) is 24.2. The Bertz CT molecular complexity index is 1650. The van der Waals surface area contributed by atoms with Gasteiger partial charge in [0.25, 0.3) is 6.43 Å². The first-order valence-corrected chi connectivity index (χ1v) is 14.1. The molecule has 3 N–H and O–H groups in total. The van der Waals surface area contributed by atoms with E-state index >= 15 is 0 Å². The molecule has 0 fully saturated rings. The standard InChI is InChI=1S/C31H27Cl2F2N7O/c32-24-10-6-20(7-11-24)15-26(30(43)37-17-21-4-8-23(9-5-21)29(34)35)39-27-16-28(42-13-12-36-19-42)41-31(40-27)38-18-22-2-1-3-25(33)14-22/h1-14,16,19,26,29H,15,17-18H2,(H,37,43)(H2,38,39,40,41)/t26-/m1/s1. The maximum Gasteiger partial charge on any atom is 0.263 e. The number of aromatic nitrogens is 4. The number of amides is 1. The molecule has 0 aliphatic heterocycles. The van der Waals surface area contributed by atoms with Gasteiger partial charge < -0.3 is 16.0 Å². The Labute approximate surface area is 257 Å². The molecule has 1 atom stereocenters. The van der Waals surface area contributed by atoms with Crippen LogP contribution in [0.2, 0.25) is 10.0 Å². The third kappa shape index (κ3) is 8.50. The molecule has 0 saturated carbocycles. The topological polar surface area (TPSA) is 96.8 Å². The lowest BCUT2D eigenvalue weighted by molar-refractivity contribution is -0.122. The van der Waals surface area contributed by atoms with Gasteiger partial charge in [0.15, 0.2) is 0 Å². The van der Waals surface area contributed by atoms with Crippen molar-refractivity contribution in [2.75, 3.05) is 10.6 Å². The van der Waals surface area contributed by atoms with Crippen LogP contribution in [0.5, 0.6) is 0 Å². The first-order valence-electron chi connectivity index (χ1n) is 13.3. The minimum Gasteiger partial charge on any atom is -0.358 e. The average Bonchev–Trinajstić information content (AvgIpc) is 3.55. The second kappa shape index (κ2) is 14.1. The van der Waals surface area contributed by atoms with E-state index in [4.69, 9.17) is 23.2 Å². The summed E-state index contributed by atoms with van der Waals surface area (Å²) in [4.78, 5) is 26.9. The van der Waals surface area contributed by atoms with E-state index in [1.807, 2.05) is 30.3 Å². The highest BCUT2D eigenvalue weighted by molar-refractivity contribution is 6.30. The number of alkyl halides is 2. The molecule has 0 radical (unpaired) electrons. The van der Waals surface area contributed by atoms with Crippen LogP contribution in [0.1, 0.15) is 28.7 Å². The summed E-state index contributed by atoms with van der Waals surface area (Å²) in [5.41, 5.74) is 2.44. The highest BCUT2D eigenvalue weighted by Crippen LogP contribution is 2.20. The van der Waals surface area contributed by atoms with Crippen molar-refractivity contribution in [3.63, 3.8) is 0 Å². The Morgan fingerprint density at radius 3 is 2.33 bits per heavy atom. The summed E-state index contributed by atoms with van der Waals surface area (Å²) >= 11 is 12.2. The zero-order valence-electron chi connectivity index (χ0n) is 22.7. The monoisotopic (exact) mass is 621 g/mol. The molecule has 0 aliphatic rings. The number of nitrogens with one attached hydrogen (secondary N) is 3. The lowest BCUT2D eigenvalue weighted by Gasteiger charge is -2.20. The van der Waals surface area contributed by atoms with Gasteiger partial charge >= 0.3 is 0 Å². The van der Waals surface area contributed by atoms with Crippen LogP contribution in [-0.4, -0.2) is 31.5 Å². The van der Waals surface area contributed by atoms with Crippen LogP contribution in [0.15, 0.2) is 97.6 Å². The van der Waals surface area contributed by atoms with E-state index in [-0.39, 0.29) is 18.0 Å². The SMILES string of the molecule is O=C(NCc1ccc(C(F)F)cc1)[C@@H](Cc1ccc(Cl)cc1)Nc1cc(-n2ccnc2)nc(NCc2cccc(Cl)c2)n1. The number of anilines is 2. The third-order valence-electron chi connectivity index (χ3n) is 6.51. The summed E-state index contributed by atoms with van der Waals surface area (Å²) < 4.78 is 27.6. The molecule has 2 heterocycles. The summed E-state index contributed by atoms with van der Waals surface area (Å²) in [6, 6.07) is 21.5. The second-order valence-corrected chi connectivity index (χ2v) is 10.5. The predicted octanol–water partition coefficient (Wildman–Crippen LogP) is 6.86. The molecular weight excluding hydrogens is 595 g/mol. The quantitative estimate of drug-likeness (QED) is 0.141. The number of hydrogen-bond acceptors (Lipinski definition) is 6. The molecule has 0 bridgehead atoms. The summed E-state index contributed by atoms with van der Waals surface area (Å²) in [5, 5.41) is 10.6. The Kier molecular flexibility index (Phi) is 9.81. The fraction of sp³-hybridized carbons (Fsp3) is 0.161. The van der Waals surface area contributed by atoms with Crippen molar-refractivity contribution in [3.8, 4) is 5.82 Å². The van der Waals surface area contributed by atoms with Gasteiger partial charge in [0, 0.05) is 53.6 Å². The first kappa shape index (κ1) is 29.9. The van der Waals surface area contributed by atoms with Crippen LogP contribution in [0.3, 0.4) is 0 Å². The van der Waals surface area contributed by atoms with Crippen molar-refractivity contribution in [1.29, 1.82) is 0 Å². The molecule has 220 valence electrons. The first-order chi connectivity index (χ1) is 20.8. The van der Waals surface area contributed by atoms with Crippen molar-refractivity contribution in [2.45, 2.75) is 32.0 Å². The van der Waals surface area contributed by atoms with Gasteiger partial charge in [0.1, 0.15) is 24.0 Å². The number of nitrogens with zero attached hydrogens (tertiary/aromatic N) is 4. The molecule has 12 heteroatoms. The van der Waals surface area contributed by atoms with E-state index in [0.717, 1.165) is 11.1 Å². The van der Waals surface area contributed by atoms with E-state index in [9.17, 15) is 13.6 Å². The molecule has 43 heavy (non-hydrogen) atoms. The zero-order chi connectivity index (χ0) is 30.2. The minimum absolute atomic E-state index is 0.0745. The summed E-state index contributed by atoms with van der Waals surface area (Å²) in [6.07, 6.45) is 2.78. The van der Waals surface area contributed by atoms with Gasteiger partial charge in [-0.2, -0.15) is 9.97 Å². The Hall–Kier alpha value is -4.54. The van der Waals surface area contributed by atoms with Gasteiger partial charge in [-0.1, -0.05) is 71.7 Å². The fourth-order valence-corrected chi connectivity index (χ4v) is 4.62. The van der Waals surface area contributed by atoms with Gasteiger partial charge in [-0.05, 0) is 41.0 Å².